The number of nitrogens with zero attached hydrogens (tertiary/aromatic N) is 2. The highest BCUT2D eigenvalue weighted by atomic mass is 15.1. The van der Waals surface area contributed by atoms with Crippen molar-refractivity contribution >= 4 is 5.69 Å². The zero-order chi connectivity index (χ0) is 14.4. The summed E-state index contributed by atoms with van der Waals surface area (Å²) >= 11 is 0. The summed E-state index contributed by atoms with van der Waals surface area (Å²) in [6, 6.07) is 8.87. The molecule has 0 aliphatic carbocycles. The number of benzene rings is 1. The molecule has 0 heterocycles. The summed E-state index contributed by atoms with van der Waals surface area (Å²) in [5.74, 6) is 0.554. The third-order valence-corrected chi connectivity index (χ3v) is 3.72. The average molecular weight is 259 g/mol. The summed E-state index contributed by atoms with van der Waals surface area (Å²) in [6.07, 6.45) is 0. The van der Waals surface area contributed by atoms with Crippen molar-refractivity contribution in [3.05, 3.63) is 29.3 Å². The third kappa shape index (κ3) is 3.97. The molecular weight excluding hydrogens is 234 g/mol. The summed E-state index contributed by atoms with van der Waals surface area (Å²) in [6.45, 7) is 10.4. The van der Waals surface area contributed by atoms with E-state index in [1.165, 1.54) is 0 Å². The van der Waals surface area contributed by atoms with E-state index >= 15 is 0 Å². The van der Waals surface area contributed by atoms with Crippen LogP contribution in [0.3, 0.4) is 0 Å². The van der Waals surface area contributed by atoms with Crippen molar-refractivity contribution in [2.45, 2.75) is 40.3 Å². The number of hydrogen-bond acceptors (Lipinski definition) is 3. The van der Waals surface area contributed by atoms with Crippen LogP contribution in [0.5, 0.6) is 0 Å². The highest BCUT2D eigenvalue weighted by Crippen LogP contribution is 2.24. The van der Waals surface area contributed by atoms with E-state index in [2.05, 4.69) is 63.2 Å². The van der Waals surface area contributed by atoms with E-state index in [9.17, 15) is 5.26 Å². The zero-order valence-electron chi connectivity index (χ0n) is 12.7. The van der Waals surface area contributed by atoms with Crippen molar-refractivity contribution in [1.29, 1.82) is 5.26 Å². The molecule has 1 aromatic carbocycles. The lowest BCUT2D eigenvalue weighted by Crippen LogP contribution is -2.33. The Morgan fingerprint density at radius 2 is 2.00 bits per heavy atom. The van der Waals surface area contributed by atoms with Gasteiger partial charge in [0.15, 0.2) is 0 Å². The Bertz CT molecular complexity index is 446. The minimum atomic E-state index is 0.409. The van der Waals surface area contributed by atoms with Crippen LogP contribution in [0.4, 0.5) is 5.69 Å². The second-order valence-corrected chi connectivity index (χ2v) is 5.34. The number of hydrogen-bond donors (Lipinski definition) is 1. The number of nitriles is 1. The van der Waals surface area contributed by atoms with E-state index < -0.39 is 0 Å². The summed E-state index contributed by atoms with van der Waals surface area (Å²) in [7, 11) is 2.06. The van der Waals surface area contributed by atoms with Crippen LogP contribution < -0.4 is 10.2 Å². The van der Waals surface area contributed by atoms with Crippen LogP contribution in [-0.4, -0.2) is 19.6 Å². The maximum absolute atomic E-state index is 9.34. The van der Waals surface area contributed by atoms with E-state index in [1.54, 1.807) is 0 Å². The molecule has 3 heteroatoms. The maximum atomic E-state index is 9.34. The Labute approximate surface area is 117 Å². The first kappa shape index (κ1) is 15.5. The topological polar surface area (TPSA) is 39.1 Å². The molecule has 0 amide bonds. The highest BCUT2D eigenvalue weighted by Gasteiger charge is 2.16. The summed E-state index contributed by atoms with van der Waals surface area (Å²) < 4.78 is 0. The lowest BCUT2D eigenvalue weighted by Gasteiger charge is -2.30. The van der Waals surface area contributed by atoms with Gasteiger partial charge >= 0.3 is 0 Å². The van der Waals surface area contributed by atoms with Crippen molar-refractivity contribution < 1.29 is 0 Å². The molecule has 1 unspecified atom stereocenters. The van der Waals surface area contributed by atoms with Gasteiger partial charge in [-0.1, -0.05) is 26.8 Å². The Morgan fingerprint density at radius 3 is 2.53 bits per heavy atom. The zero-order valence-corrected chi connectivity index (χ0v) is 12.7. The lowest BCUT2D eigenvalue weighted by molar-refractivity contribution is 0.505. The normalized spacial score (nSPS) is 12.3. The smallest absolute Gasteiger partial charge is 0.101 e. The van der Waals surface area contributed by atoms with Gasteiger partial charge in [-0.25, -0.2) is 0 Å². The van der Waals surface area contributed by atoms with Gasteiger partial charge in [-0.2, -0.15) is 5.26 Å². The largest absolute Gasteiger partial charge is 0.371 e. The van der Waals surface area contributed by atoms with Crippen molar-refractivity contribution in [1.82, 2.24) is 5.32 Å². The summed E-state index contributed by atoms with van der Waals surface area (Å²) in [5.41, 5.74) is 2.93. The molecule has 0 aromatic heterocycles. The van der Waals surface area contributed by atoms with Gasteiger partial charge in [0.05, 0.1) is 11.3 Å². The molecule has 0 bridgehead atoms. The fourth-order valence-corrected chi connectivity index (χ4v) is 2.03. The molecule has 1 rings (SSSR count). The van der Waals surface area contributed by atoms with Gasteiger partial charge < -0.3 is 10.2 Å². The fourth-order valence-electron chi connectivity index (χ4n) is 2.03. The van der Waals surface area contributed by atoms with Gasteiger partial charge in [0.2, 0.25) is 0 Å². The van der Waals surface area contributed by atoms with Crippen LogP contribution in [-0.2, 0) is 6.54 Å². The minimum Gasteiger partial charge on any atom is -0.371 e. The van der Waals surface area contributed by atoms with E-state index in [0.29, 0.717) is 12.0 Å². The average Bonchev–Trinajstić information content (AvgIpc) is 2.42. The summed E-state index contributed by atoms with van der Waals surface area (Å²) in [4.78, 5) is 2.19. The second kappa shape index (κ2) is 7.16. The van der Waals surface area contributed by atoms with Gasteiger partial charge in [0.25, 0.3) is 0 Å². The number of anilines is 1. The predicted molar refractivity (Wildman–Crippen MR) is 81.2 cm³/mol. The Hall–Kier alpha value is -1.53. The van der Waals surface area contributed by atoms with E-state index in [0.717, 1.165) is 29.9 Å². The first-order valence-corrected chi connectivity index (χ1v) is 6.97. The van der Waals surface area contributed by atoms with E-state index in [1.807, 2.05) is 6.07 Å². The van der Waals surface area contributed by atoms with Crippen molar-refractivity contribution in [3.8, 4) is 6.07 Å². The molecule has 0 aliphatic heterocycles. The van der Waals surface area contributed by atoms with Crippen LogP contribution in [0, 0.1) is 17.2 Å². The number of rotatable bonds is 6. The van der Waals surface area contributed by atoms with Crippen molar-refractivity contribution in [2.75, 3.05) is 18.5 Å². The highest BCUT2D eigenvalue weighted by molar-refractivity contribution is 5.60. The Balaban J connectivity index is 2.99. The molecular formula is C16H25N3. The maximum Gasteiger partial charge on any atom is 0.101 e. The first-order valence-electron chi connectivity index (χ1n) is 6.97. The van der Waals surface area contributed by atoms with Crippen LogP contribution >= 0.6 is 0 Å². The molecule has 104 valence electrons. The summed E-state index contributed by atoms with van der Waals surface area (Å²) in [5, 5.41) is 12.6. The first-order chi connectivity index (χ1) is 9.01. The van der Waals surface area contributed by atoms with Gasteiger partial charge in [-0.05, 0) is 37.1 Å². The lowest BCUT2D eigenvalue weighted by atomic mass is 10.0. The molecule has 0 fully saturated rings. The quantitative estimate of drug-likeness (QED) is 0.853. The molecule has 1 N–H and O–H groups in total. The van der Waals surface area contributed by atoms with Crippen molar-refractivity contribution in [3.63, 3.8) is 0 Å². The fraction of sp³-hybridized carbons (Fsp3) is 0.562. The van der Waals surface area contributed by atoms with Crippen LogP contribution in [0.2, 0.25) is 0 Å². The molecule has 0 saturated heterocycles. The van der Waals surface area contributed by atoms with E-state index in [-0.39, 0.29) is 0 Å². The Morgan fingerprint density at radius 1 is 1.32 bits per heavy atom. The second-order valence-electron chi connectivity index (χ2n) is 5.34. The predicted octanol–water partition coefficient (Wildman–Crippen LogP) is 3.15. The standard InChI is InChI=1S/C16H25N3/c1-6-18-11-14-7-8-16(15(9-14)10-17)19(5)13(4)12(2)3/h7-9,12-13,18H,6,11H2,1-5H3. The Kier molecular flexibility index (Phi) is 5.85. The minimum absolute atomic E-state index is 0.409. The molecule has 19 heavy (non-hydrogen) atoms. The van der Waals surface area contributed by atoms with Gasteiger partial charge in [0.1, 0.15) is 6.07 Å². The van der Waals surface area contributed by atoms with Gasteiger partial charge in [-0.3, -0.25) is 0 Å². The van der Waals surface area contributed by atoms with Gasteiger partial charge in [-0.15, -0.1) is 0 Å². The van der Waals surface area contributed by atoms with Gasteiger partial charge in [0, 0.05) is 19.6 Å². The van der Waals surface area contributed by atoms with E-state index in [4.69, 9.17) is 0 Å². The van der Waals surface area contributed by atoms with Crippen LogP contribution in [0.25, 0.3) is 0 Å². The molecule has 0 spiro atoms. The van der Waals surface area contributed by atoms with Crippen LogP contribution in [0.15, 0.2) is 18.2 Å². The number of nitrogens with one attached hydrogen (secondary N) is 1. The van der Waals surface area contributed by atoms with Crippen molar-refractivity contribution in [2.24, 2.45) is 5.92 Å². The van der Waals surface area contributed by atoms with Crippen LogP contribution in [0.1, 0.15) is 38.8 Å². The third-order valence-electron chi connectivity index (χ3n) is 3.72. The molecule has 0 radical (unpaired) electrons. The molecule has 1 aromatic rings. The molecule has 0 saturated carbocycles. The monoisotopic (exact) mass is 259 g/mol. The SMILES string of the molecule is CCNCc1ccc(N(C)C(C)C(C)C)c(C#N)c1. The molecule has 0 aliphatic rings. The molecule has 1 atom stereocenters. The molecule has 3 nitrogen and oxygen atoms in total.